The van der Waals surface area contributed by atoms with E-state index in [9.17, 15) is 0 Å². The molecule has 2 nitrogen and oxygen atoms in total. The maximum Gasteiger partial charge on any atom is 0.199 e. The fourth-order valence-electron chi connectivity index (χ4n) is 1.07. The average Bonchev–Trinajstić information content (AvgIpc) is 2.46. The first-order valence-electron chi connectivity index (χ1n) is 3.37. The normalized spacial score (nSPS) is 19.8. The molecule has 11 heavy (non-hydrogen) atoms. The molecule has 56 valence electrons. The molecule has 0 bridgehead atoms. The van der Waals surface area contributed by atoms with E-state index >= 15 is 0 Å². The van der Waals surface area contributed by atoms with Crippen LogP contribution >= 0.6 is 12.2 Å². The Morgan fingerprint density at radius 2 is 2.27 bits per heavy atom. The monoisotopic (exact) mass is 165 g/mol. The molecule has 0 aliphatic carbocycles. The Labute approximate surface area is 70.2 Å². The van der Waals surface area contributed by atoms with Crippen LogP contribution in [0.25, 0.3) is 0 Å². The molecule has 1 aromatic carbocycles. The molecule has 3 heteroatoms. The van der Waals surface area contributed by atoms with Crippen LogP contribution in [-0.2, 0) is 0 Å². The van der Waals surface area contributed by atoms with Crippen molar-refractivity contribution in [2.75, 3.05) is 5.32 Å². The predicted octanol–water partition coefficient (Wildman–Crippen LogP) is 1.82. The van der Waals surface area contributed by atoms with E-state index in [-0.39, 0.29) is 6.23 Å². The quantitative estimate of drug-likeness (QED) is 0.641. The van der Waals surface area contributed by atoms with E-state index in [0.717, 1.165) is 11.4 Å². The minimum atomic E-state index is -0.137. The Balaban J connectivity index is 2.33. The van der Waals surface area contributed by atoms with Gasteiger partial charge in [-0.05, 0) is 12.1 Å². The fraction of sp³-hybridized carbons (Fsp3) is 0.125. The lowest BCUT2D eigenvalue weighted by atomic mass is 10.3. The highest BCUT2D eigenvalue weighted by molar-refractivity contribution is 7.79. The van der Waals surface area contributed by atoms with Crippen LogP contribution in [0.4, 0.5) is 5.69 Å². The average molecular weight is 165 g/mol. The lowest BCUT2D eigenvalue weighted by molar-refractivity contribution is 0.327. The van der Waals surface area contributed by atoms with Gasteiger partial charge in [-0.25, -0.2) is 0 Å². The highest BCUT2D eigenvalue weighted by Gasteiger charge is 2.17. The molecule has 0 aromatic heterocycles. The molecule has 1 aromatic rings. The number of hydrogen-bond donors (Lipinski definition) is 1. The molecule has 1 atom stereocenters. The van der Waals surface area contributed by atoms with Gasteiger partial charge in [-0.2, -0.15) is 0 Å². The van der Waals surface area contributed by atoms with E-state index in [4.69, 9.17) is 17.0 Å². The van der Waals surface area contributed by atoms with Gasteiger partial charge in [0.05, 0.1) is 5.69 Å². The van der Waals surface area contributed by atoms with Crippen molar-refractivity contribution in [2.45, 2.75) is 6.23 Å². The number of benzene rings is 1. The summed E-state index contributed by atoms with van der Waals surface area (Å²) in [7, 11) is 0. The van der Waals surface area contributed by atoms with Crippen molar-refractivity contribution in [3.8, 4) is 5.75 Å². The standard InChI is InChI=1S/C8H7NOS/c11-5-8-9-6-3-1-2-4-7(6)10-8/h1-5,8-9H. The molecule has 0 saturated carbocycles. The molecule has 2 rings (SSSR count). The highest BCUT2D eigenvalue weighted by Crippen LogP contribution is 2.30. The van der Waals surface area contributed by atoms with Crippen LogP contribution in [0.5, 0.6) is 5.75 Å². The minimum absolute atomic E-state index is 0.137. The van der Waals surface area contributed by atoms with E-state index in [1.807, 2.05) is 24.3 Å². The summed E-state index contributed by atoms with van der Waals surface area (Å²) in [5, 5.41) is 4.67. The van der Waals surface area contributed by atoms with Gasteiger partial charge in [0.15, 0.2) is 6.23 Å². The van der Waals surface area contributed by atoms with Crippen molar-refractivity contribution in [3.63, 3.8) is 0 Å². The fourth-order valence-corrected chi connectivity index (χ4v) is 1.19. The van der Waals surface area contributed by atoms with E-state index in [1.54, 1.807) is 5.37 Å². The molecular weight excluding hydrogens is 158 g/mol. The second kappa shape index (κ2) is 2.51. The summed E-state index contributed by atoms with van der Waals surface area (Å²) in [6.07, 6.45) is -0.137. The van der Waals surface area contributed by atoms with Gasteiger partial charge in [0, 0.05) is 5.37 Å². The highest BCUT2D eigenvalue weighted by atomic mass is 32.1. The van der Waals surface area contributed by atoms with Gasteiger partial charge in [0.2, 0.25) is 0 Å². The zero-order valence-electron chi connectivity index (χ0n) is 5.78. The molecule has 0 fully saturated rings. The van der Waals surface area contributed by atoms with Crippen molar-refractivity contribution in [2.24, 2.45) is 0 Å². The molecule has 1 heterocycles. The van der Waals surface area contributed by atoms with E-state index in [2.05, 4.69) is 5.32 Å². The first kappa shape index (κ1) is 6.61. The van der Waals surface area contributed by atoms with Crippen molar-refractivity contribution >= 4 is 23.3 Å². The predicted molar refractivity (Wildman–Crippen MR) is 48.1 cm³/mol. The Morgan fingerprint density at radius 1 is 1.45 bits per heavy atom. The summed E-state index contributed by atoms with van der Waals surface area (Å²) in [6.45, 7) is 0. The SMILES string of the molecule is S=CC1Nc2ccccc2O1. The second-order valence-electron chi connectivity index (χ2n) is 2.32. The van der Waals surface area contributed by atoms with Gasteiger partial charge >= 0.3 is 0 Å². The van der Waals surface area contributed by atoms with Gasteiger partial charge in [-0.15, -0.1) is 0 Å². The lowest BCUT2D eigenvalue weighted by Gasteiger charge is -2.01. The number of anilines is 1. The van der Waals surface area contributed by atoms with Crippen LogP contribution in [0, 0.1) is 0 Å². The molecule has 1 unspecified atom stereocenters. The van der Waals surface area contributed by atoms with Gasteiger partial charge < -0.3 is 10.1 Å². The molecule has 0 amide bonds. The van der Waals surface area contributed by atoms with Gasteiger partial charge in [0.1, 0.15) is 5.75 Å². The zero-order chi connectivity index (χ0) is 7.68. The van der Waals surface area contributed by atoms with Crippen LogP contribution < -0.4 is 10.1 Å². The summed E-state index contributed by atoms with van der Waals surface area (Å²) in [5.41, 5.74) is 1.01. The zero-order valence-corrected chi connectivity index (χ0v) is 6.60. The third kappa shape index (κ3) is 1.07. The molecule has 0 radical (unpaired) electrons. The van der Waals surface area contributed by atoms with Gasteiger partial charge in [0.25, 0.3) is 0 Å². The topological polar surface area (TPSA) is 21.3 Å². The van der Waals surface area contributed by atoms with E-state index < -0.39 is 0 Å². The number of nitrogens with one attached hydrogen (secondary N) is 1. The molecule has 1 N–H and O–H groups in total. The number of para-hydroxylation sites is 2. The summed E-state index contributed by atoms with van der Waals surface area (Å²) in [5.74, 6) is 0.874. The second-order valence-corrected chi connectivity index (χ2v) is 2.59. The Kier molecular flexibility index (Phi) is 1.51. The summed E-state index contributed by atoms with van der Waals surface area (Å²) in [4.78, 5) is 0. The molecule has 1 aliphatic rings. The van der Waals surface area contributed by atoms with Crippen LogP contribution in [0.2, 0.25) is 0 Å². The number of ether oxygens (including phenoxy) is 1. The molecular formula is C8H7NOS. The van der Waals surface area contributed by atoms with Crippen molar-refractivity contribution in [1.82, 2.24) is 0 Å². The van der Waals surface area contributed by atoms with Crippen molar-refractivity contribution in [3.05, 3.63) is 24.3 Å². The van der Waals surface area contributed by atoms with Crippen LogP contribution in [0.15, 0.2) is 24.3 Å². The maximum absolute atomic E-state index is 5.39. The van der Waals surface area contributed by atoms with Crippen molar-refractivity contribution < 1.29 is 4.74 Å². The first-order valence-corrected chi connectivity index (χ1v) is 3.85. The van der Waals surface area contributed by atoms with E-state index in [1.165, 1.54) is 0 Å². The lowest BCUT2D eigenvalue weighted by Crippen LogP contribution is -2.19. The molecule has 1 aliphatic heterocycles. The van der Waals surface area contributed by atoms with E-state index in [0.29, 0.717) is 0 Å². The number of thiocarbonyl (C=S) groups is 1. The largest absolute Gasteiger partial charge is 0.464 e. The maximum atomic E-state index is 5.39. The summed E-state index contributed by atoms with van der Waals surface area (Å²) >= 11 is 4.75. The Hall–Kier alpha value is -1.09. The Bertz CT molecular complexity index is 262. The van der Waals surface area contributed by atoms with Crippen LogP contribution in [0.3, 0.4) is 0 Å². The number of rotatable bonds is 1. The van der Waals surface area contributed by atoms with Crippen LogP contribution in [0.1, 0.15) is 0 Å². The van der Waals surface area contributed by atoms with Crippen LogP contribution in [-0.4, -0.2) is 11.6 Å². The summed E-state index contributed by atoms with van der Waals surface area (Å²) in [6, 6.07) is 7.78. The third-order valence-corrected chi connectivity index (χ3v) is 1.81. The van der Waals surface area contributed by atoms with Gasteiger partial charge in [-0.1, -0.05) is 24.4 Å². The smallest absolute Gasteiger partial charge is 0.199 e. The summed E-state index contributed by atoms with van der Waals surface area (Å²) < 4.78 is 5.39. The molecule has 0 saturated heterocycles. The third-order valence-electron chi connectivity index (χ3n) is 1.56. The Morgan fingerprint density at radius 3 is 3.00 bits per heavy atom. The number of fused-ring (bicyclic) bond motifs is 1. The van der Waals surface area contributed by atoms with Gasteiger partial charge in [-0.3, -0.25) is 0 Å². The van der Waals surface area contributed by atoms with Crippen molar-refractivity contribution in [1.29, 1.82) is 0 Å². The first-order chi connectivity index (χ1) is 5.40. The minimum Gasteiger partial charge on any atom is -0.464 e. The number of hydrogen-bond acceptors (Lipinski definition) is 3. The molecule has 0 spiro atoms.